The lowest BCUT2D eigenvalue weighted by molar-refractivity contribution is 0.130. The fourth-order valence-electron chi connectivity index (χ4n) is 3.08. The summed E-state index contributed by atoms with van der Waals surface area (Å²) in [4.78, 5) is 4.16. The van der Waals surface area contributed by atoms with Gasteiger partial charge in [-0.3, -0.25) is 4.98 Å². The SMILES string of the molecule is CCN([C@H]1CS(=O)(=O)C[C@H]1O)S(=O)(=O)c1cccc2cccnc12. The maximum Gasteiger partial charge on any atom is 0.245 e. The molecule has 7 nitrogen and oxygen atoms in total. The van der Waals surface area contributed by atoms with Gasteiger partial charge in [0.05, 0.1) is 29.2 Å². The summed E-state index contributed by atoms with van der Waals surface area (Å²) >= 11 is 0. The zero-order chi connectivity index (χ0) is 17.5. The number of para-hydroxylation sites is 1. The number of likely N-dealkylation sites (N-methyl/N-ethyl adjacent to an activating group) is 1. The van der Waals surface area contributed by atoms with Crippen molar-refractivity contribution < 1.29 is 21.9 Å². The molecule has 1 N–H and O–H groups in total. The second-order valence-electron chi connectivity index (χ2n) is 5.75. The van der Waals surface area contributed by atoms with Gasteiger partial charge in [0.2, 0.25) is 10.0 Å². The van der Waals surface area contributed by atoms with Crippen molar-refractivity contribution in [1.29, 1.82) is 0 Å². The van der Waals surface area contributed by atoms with Crippen molar-refractivity contribution >= 4 is 30.8 Å². The van der Waals surface area contributed by atoms with E-state index in [9.17, 15) is 21.9 Å². The summed E-state index contributed by atoms with van der Waals surface area (Å²) in [5, 5.41) is 10.7. The third kappa shape index (κ3) is 2.92. The highest BCUT2D eigenvalue weighted by molar-refractivity contribution is 7.92. The van der Waals surface area contributed by atoms with Crippen LogP contribution in [0.5, 0.6) is 0 Å². The van der Waals surface area contributed by atoms with Gasteiger partial charge in [0, 0.05) is 18.1 Å². The number of aromatic nitrogens is 1. The fourth-order valence-corrected chi connectivity index (χ4v) is 6.80. The van der Waals surface area contributed by atoms with Gasteiger partial charge in [0.25, 0.3) is 0 Å². The molecule has 2 heterocycles. The van der Waals surface area contributed by atoms with E-state index in [1.165, 1.54) is 12.3 Å². The largest absolute Gasteiger partial charge is 0.390 e. The molecule has 0 bridgehead atoms. The van der Waals surface area contributed by atoms with Crippen molar-refractivity contribution in [3.8, 4) is 0 Å². The monoisotopic (exact) mass is 370 g/mol. The number of sulfone groups is 1. The molecule has 9 heteroatoms. The minimum atomic E-state index is -4.00. The second kappa shape index (κ2) is 6.07. The zero-order valence-electron chi connectivity index (χ0n) is 13.0. The standard InChI is InChI=1S/C15H18N2O5S2/c1-2-17(12-9-23(19,20)10-13(12)18)24(21,22)14-7-3-5-11-6-4-8-16-15(11)14/h3-8,12-13,18H,2,9-10H2,1H3/t12-,13+/m0/s1. The molecule has 0 spiro atoms. The smallest absolute Gasteiger partial charge is 0.245 e. The van der Waals surface area contributed by atoms with E-state index in [0.29, 0.717) is 10.9 Å². The van der Waals surface area contributed by atoms with Crippen molar-refractivity contribution in [3.63, 3.8) is 0 Å². The highest BCUT2D eigenvalue weighted by atomic mass is 32.2. The number of benzene rings is 1. The Kier molecular flexibility index (Phi) is 4.37. The molecule has 1 aromatic heterocycles. The molecule has 0 amide bonds. The van der Waals surface area contributed by atoms with E-state index in [1.54, 1.807) is 31.2 Å². The number of hydrogen-bond acceptors (Lipinski definition) is 6. The Bertz CT molecular complexity index is 967. The van der Waals surface area contributed by atoms with E-state index < -0.39 is 37.8 Å². The van der Waals surface area contributed by atoms with Crippen molar-refractivity contribution in [2.24, 2.45) is 0 Å². The van der Waals surface area contributed by atoms with Crippen LogP contribution in [0.3, 0.4) is 0 Å². The van der Waals surface area contributed by atoms with E-state index in [1.807, 2.05) is 0 Å². The van der Waals surface area contributed by atoms with Crippen LogP contribution in [0, 0.1) is 0 Å². The van der Waals surface area contributed by atoms with E-state index in [2.05, 4.69) is 4.98 Å². The molecule has 130 valence electrons. The Hall–Kier alpha value is -1.55. The molecule has 1 aliphatic heterocycles. The summed E-state index contributed by atoms with van der Waals surface area (Å²) in [7, 11) is -7.45. The number of aliphatic hydroxyl groups is 1. The maximum absolute atomic E-state index is 13.1. The first kappa shape index (κ1) is 17.3. The summed E-state index contributed by atoms with van der Waals surface area (Å²) in [6.45, 7) is 1.68. The Morgan fingerprint density at radius 3 is 2.58 bits per heavy atom. The molecule has 24 heavy (non-hydrogen) atoms. The molecule has 2 atom stereocenters. The minimum Gasteiger partial charge on any atom is -0.390 e. The lowest BCUT2D eigenvalue weighted by atomic mass is 10.2. The first-order valence-electron chi connectivity index (χ1n) is 7.50. The number of pyridine rings is 1. The van der Waals surface area contributed by atoms with Crippen LogP contribution in [-0.4, -0.2) is 61.4 Å². The van der Waals surface area contributed by atoms with Crippen molar-refractivity contribution in [1.82, 2.24) is 9.29 Å². The van der Waals surface area contributed by atoms with Gasteiger partial charge >= 0.3 is 0 Å². The number of fused-ring (bicyclic) bond motifs is 1. The molecule has 0 aliphatic carbocycles. The minimum absolute atomic E-state index is 0.0129. The van der Waals surface area contributed by atoms with Gasteiger partial charge in [0.15, 0.2) is 9.84 Å². The molecule has 1 aromatic carbocycles. The van der Waals surface area contributed by atoms with Crippen LogP contribution < -0.4 is 0 Å². The third-order valence-corrected chi connectivity index (χ3v) is 7.89. The Morgan fingerprint density at radius 1 is 1.25 bits per heavy atom. The summed E-state index contributed by atoms with van der Waals surface area (Å²) < 4.78 is 50.8. The van der Waals surface area contributed by atoms with Crippen LogP contribution in [0.2, 0.25) is 0 Å². The highest BCUT2D eigenvalue weighted by Crippen LogP contribution is 2.28. The van der Waals surface area contributed by atoms with Gasteiger partial charge in [-0.15, -0.1) is 0 Å². The maximum atomic E-state index is 13.1. The number of sulfonamides is 1. The van der Waals surface area contributed by atoms with Crippen LogP contribution in [0.25, 0.3) is 10.9 Å². The average Bonchev–Trinajstić information content (AvgIpc) is 2.80. The number of aliphatic hydroxyl groups excluding tert-OH is 1. The Morgan fingerprint density at radius 2 is 1.96 bits per heavy atom. The van der Waals surface area contributed by atoms with Crippen LogP contribution in [0.1, 0.15) is 6.92 Å². The average molecular weight is 370 g/mol. The lowest BCUT2D eigenvalue weighted by Gasteiger charge is -2.28. The molecule has 1 fully saturated rings. The molecule has 0 radical (unpaired) electrons. The van der Waals surface area contributed by atoms with E-state index in [-0.39, 0.29) is 17.2 Å². The molecule has 0 saturated carbocycles. The molecule has 3 rings (SSSR count). The lowest BCUT2D eigenvalue weighted by Crippen LogP contribution is -2.46. The number of nitrogens with zero attached hydrogens (tertiary/aromatic N) is 2. The molecule has 2 aromatic rings. The summed E-state index contributed by atoms with van der Waals surface area (Å²) in [5.41, 5.74) is 0.328. The summed E-state index contributed by atoms with van der Waals surface area (Å²) in [5.74, 6) is -0.795. The predicted molar refractivity (Wildman–Crippen MR) is 89.8 cm³/mol. The zero-order valence-corrected chi connectivity index (χ0v) is 14.7. The van der Waals surface area contributed by atoms with Crippen molar-refractivity contribution in [2.45, 2.75) is 24.0 Å². The van der Waals surface area contributed by atoms with Crippen LogP contribution in [-0.2, 0) is 19.9 Å². The van der Waals surface area contributed by atoms with Crippen LogP contribution in [0.15, 0.2) is 41.4 Å². The van der Waals surface area contributed by atoms with Crippen molar-refractivity contribution in [3.05, 3.63) is 36.5 Å². The van der Waals surface area contributed by atoms with E-state index >= 15 is 0 Å². The third-order valence-electron chi connectivity index (χ3n) is 4.16. The fraction of sp³-hybridized carbons (Fsp3) is 0.400. The predicted octanol–water partition coefficient (Wildman–Crippen LogP) is 0.403. The van der Waals surface area contributed by atoms with Gasteiger partial charge in [0.1, 0.15) is 4.90 Å². The highest BCUT2D eigenvalue weighted by Gasteiger charge is 2.44. The van der Waals surface area contributed by atoms with Gasteiger partial charge < -0.3 is 5.11 Å². The first-order chi connectivity index (χ1) is 11.3. The van der Waals surface area contributed by atoms with Crippen molar-refractivity contribution in [2.75, 3.05) is 18.1 Å². The molecule has 1 aliphatic rings. The van der Waals surface area contributed by atoms with Crippen LogP contribution >= 0.6 is 0 Å². The molecular weight excluding hydrogens is 352 g/mol. The van der Waals surface area contributed by atoms with E-state index in [4.69, 9.17) is 0 Å². The van der Waals surface area contributed by atoms with Gasteiger partial charge in [-0.2, -0.15) is 4.31 Å². The van der Waals surface area contributed by atoms with E-state index in [0.717, 1.165) is 4.31 Å². The first-order valence-corrected chi connectivity index (χ1v) is 10.8. The Balaban J connectivity index is 2.11. The molecular formula is C15H18N2O5S2. The normalized spacial score (nSPS) is 23.8. The Labute approximate surface area is 140 Å². The quantitative estimate of drug-likeness (QED) is 0.835. The molecule has 1 saturated heterocycles. The number of hydrogen-bond donors (Lipinski definition) is 1. The topological polar surface area (TPSA) is 105 Å². The van der Waals surface area contributed by atoms with Gasteiger partial charge in [-0.25, -0.2) is 16.8 Å². The summed E-state index contributed by atoms with van der Waals surface area (Å²) in [6, 6.07) is 7.31. The number of rotatable bonds is 4. The second-order valence-corrected chi connectivity index (χ2v) is 9.76. The molecule has 0 unspecified atom stereocenters. The van der Waals surface area contributed by atoms with Crippen LogP contribution in [0.4, 0.5) is 0 Å². The summed E-state index contributed by atoms with van der Waals surface area (Å²) in [6.07, 6.45) is 0.277. The van der Waals surface area contributed by atoms with Gasteiger partial charge in [-0.05, 0) is 12.1 Å². The van der Waals surface area contributed by atoms with Gasteiger partial charge in [-0.1, -0.05) is 25.1 Å².